The van der Waals surface area contributed by atoms with Crippen LogP contribution < -0.4 is 0 Å². The van der Waals surface area contributed by atoms with Crippen molar-refractivity contribution < 1.29 is 4.42 Å². The van der Waals surface area contributed by atoms with Crippen molar-refractivity contribution in [2.45, 2.75) is 32.7 Å². The minimum atomic E-state index is 0.750. The lowest BCUT2D eigenvalue weighted by molar-refractivity contribution is 0.139. The van der Waals surface area contributed by atoms with Crippen molar-refractivity contribution in [3.05, 3.63) is 58.5 Å². The molecule has 0 radical (unpaired) electrons. The lowest BCUT2D eigenvalue weighted by Gasteiger charge is -2.34. The molecule has 1 aliphatic heterocycles. The molecule has 136 valence electrons. The molecule has 0 amide bonds. The van der Waals surface area contributed by atoms with Crippen LogP contribution in [0.25, 0.3) is 0 Å². The van der Waals surface area contributed by atoms with Gasteiger partial charge in [-0.05, 0) is 75.5 Å². The number of furan rings is 1. The Morgan fingerprint density at radius 2 is 2.00 bits per heavy atom. The van der Waals surface area contributed by atoms with Gasteiger partial charge in [0.05, 0.1) is 6.54 Å². The van der Waals surface area contributed by atoms with Gasteiger partial charge in [0.25, 0.3) is 0 Å². The normalized spacial score (nSPS) is 18.8. The first kappa shape index (κ1) is 18.5. The first-order valence-electron chi connectivity index (χ1n) is 9.29. The molecule has 1 atom stereocenters. The number of rotatable bonds is 7. The van der Waals surface area contributed by atoms with E-state index in [4.69, 9.17) is 16.0 Å². The third-order valence-corrected chi connectivity index (χ3v) is 5.28. The fraction of sp³-hybridized carbons (Fsp3) is 0.524. The van der Waals surface area contributed by atoms with E-state index in [1.165, 1.54) is 31.5 Å². The van der Waals surface area contributed by atoms with Gasteiger partial charge >= 0.3 is 0 Å². The molecule has 2 heterocycles. The fourth-order valence-electron chi connectivity index (χ4n) is 3.78. The predicted octanol–water partition coefficient (Wildman–Crippen LogP) is 4.63. The summed E-state index contributed by atoms with van der Waals surface area (Å²) in [5, 5.41) is 0.816. The van der Waals surface area contributed by atoms with Crippen LogP contribution >= 0.6 is 11.6 Å². The minimum absolute atomic E-state index is 0.750. The molecule has 0 saturated carbocycles. The molecule has 1 aromatic carbocycles. The number of halogens is 1. The summed E-state index contributed by atoms with van der Waals surface area (Å²) in [5.41, 5.74) is 1.37. The zero-order chi connectivity index (χ0) is 17.6. The van der Waals surface area contributed by atoms with E-state index in [0.717, 1.165) is 48.5 Å². The zero-order valence-corrected chi connectivity index (χ0v) is 16.1. The summed E-state index contributed by atoms with van der Waals surface area (Å²) < 4.78 is 5.70. The standard InChI is InChI=1S/C21H29ClN2O/c1-17-5-10-21(25-17)16-23(2)14-19-4-3-12-24(15-19)13-11-18-6-8-20(22)9-7-18/h5-10,19H,3-4,11-16H2,1-2H3/t19-/m0/s1. The molecule has 3 rings (SSSR count). The second-order valence-electron chi connectivity index (χ2n) is 7.39. The van der Waals surface area contributed by atoms with Crippen LogP contribution in [-0.4, -0.2) is 43.0 Å². The molecule has 1 aromatic heterocycles. The summed E-state index contributed by atoms with van der Waals surface area (Å²) >= 11 is 5.97. The summed E-state index contributed by atoms with van der Waals surface area (Å²) in [7, 11) is 2.20. The molecule has 2 aromatic rings. The Bertz CT molecular complexity index is 652. The Hall–Kier alpha value is -1.29. The molecule has 0 unspecified atom stereocenters. The predicted molar refractivity (Wildman–Crippen MR) is 104 cm³/mol. The van der Waals surface area contributed by atoms with Gasteiger partial charge in [-0.15, -0.1) is 0 Å². The van der Waals surface area contributed by atoms with Crippen molar-refractivity contribution in [3.63, 3.8) is 0 Å². The van der Waals surface area contributed by atoms with Gasteiger partial charge in [0.1, 0.15) is 11.5 Å². The van der Waals surface area contributed by atoms with Crippen LogP contribution in [0.2, 0.25) is 5.02 Å². The van der Waals surface area contributed by atoms with Crippen LogP contribution in [-0.2, 0) is 13.0 Å². The minimum Gasteiger partial charge on any atom is -0.465 e. The summed E-state index contributed by atoms with van der Waals surface area (Å²) in [5.74, 6) is 2.81. The van der Waals surface area contributed by atoms with E-state index in [0.29, 0.717) is 0 Å². The molecule has 4 heteroatoms. The molecule has 0 aliphatic carbocycles. The monoisotopic (exact) mass is 360 g/mol. The van der Waals surface area contributed by atoms with Gasteiger partial charge in [0.2, 0.25) is 0 Å². The fourth-order valence-corrected chi connectivity index (χ4v) is 3.91. The smallest absolute Gasteiger partial charge is 0.118 e. The third kappa shape index (κ3) is 5.88. The first-order valence-corrected chi connectivity index (χ1v) is 9.67. The number of hydrogen-bond acceptors (Lipinski definition) is 3. The quantitative estimate of drug-likeness (QED) is 0.717. The number of piperidine rings is 1. The molecule has 0 bridgehead atoms. The van der Waals surface area contributed by atoms with E-state index < -0.39 is 0 Å². The van der Waals surface area contributed by atoms with Gasteiger partial charge in [-0.3, -0.25) is 4.90 Å². The highest BCUT2D eigenvalue weighted by atomic mass is 35.5. The molecule has 1 saturated heterocycles. The van der Waals surface area contributed by atoms with Crippen molar-refractivity contribution in [2.75, 3.05) is 33.2 Å². The molecular formula is C21H29ClN2O. The van der Waals surface area contributed by atoms with Gasteiger partial charge in [-0.25, -0.2) is 0 Å². The number of hydrogen-bond donors (Lipinski definition) is 0. The van der Waals surface area contributed by atoms with Gasteiger partial charge in [-0.1, -0.05) is 23.7 Å². The van der Waals surface area contributed by atoms with Crippen LogP contribution in [0, 0.1) is 12.8 Å². The van der Waals surface area contributed by atoms with E-state index in [1.807, 2.05) is 25.1 Å². The molecule has 1 aliphatic rings. The first-order chi connectivity index (χ1) is 12.1. The van der Waals surface area contributed by atoms with Crippen LogP contribution in [0.4, 0.5) is 0 Å². The maximum absolute atomic E-state index is 5.97. The SMILES string of the molecule is Cc1ccc(CN(C)C[C@@H]2CCCN(CCc3ccc(Cl)cc3)C2)o1. The number of nitrogens with zero attached hydrogens (tertiary/aromatic N) is 2. The van der Waals surface area contributed by atoms with Crippen molar-refractivity contribution in [1.82, 2.24) is 9.80 Å². The van der Waals surface area contributed by atoms with Crippen molar-refractivity contribution in [2.24, 2.45) is 5.92 Å². The largest absolute Gasteiger partial charge is 0.465 e. The number of aryl methyl sites for hydroxylation is 1. The number of likely N-dealkylation sites (tertiary alicyclic amines) is 1. The van der Waals surface area contributed by atoms with Crippen LogP contribution in [0.1, 0.15) is 29.9 Å². The molecule has 25 heavy (non-hydrogen) atoms. The summed E-state index contributed by atoms with van der Waals surface area (Å²) in [6.45, 7) is 7.61. The van der Waals surface area contributed by atoms with Crippen molar-refractivity contribution >= 4 is 11.6 Å². The van der Waals surface area contributed by atoms with E-state index in [2.05, 4.69) is 35.0 Å². The second-order valence-corrected chi connectivity index (χ2v) is 7.83. The number of benzene rings is 1. The Morgan fingerprint density at radius 1 is 1.20 bits per heavy atom. The molecule has 0 N–H and O–H groups in total. The molecule has 1 fully saturated rings. The van der Waals surface area contributed by atoms with Gasteiger partial charge in [-0.2, -0.15) is 0 Å². The third-order valence-electron chi connectivity index (χ3n) is 5.02. The highest BCUT2D eigenvalue weighted by Gasteiger charge is 2.21. The van der Waals surface area contributed by atoms with Crippen molar-refractivity contribution in [1.29, 1.82) is 0 Å². The Kier molecular flexibility index (Phi) is 6.57. The van der Waals surface area contributed by atoms with E-state index in [1.54, 1.807) is 0 Å². The maximum Gasteiger partial charge on any atom is 0.118 e. The molecule has 3 nitrogen and oxygen atoms in total. The Labute approximate surface area is 156 Å². The van der Waals surface area contributed by atoms with E-state index >= 15 is 0 Å². The lowest BCUT2D eigenvalue weighted by Crippen LogP contribution is -2.40. The van der Waals surface area contributed by atoms with Crippen LogP contribution in [0.5, 0.6) is 0 Å². The van der Waals surface area contributed by atoms with E-state index in [9.17, 15) is 0 Å². The van der Waals surface area contributed by atoms with Gasteiger partial charge in [0.15, 0.2) is 0 Å². The Balaban J connectivity index is 1.43. The van der Waals surface area contributed by atoms with Crippen molar-refractivity contribution in [3.8, 4) is 0 Å². The summed E-state index contributed by atoms with van der Waals surface area (Å²) in [6, 6.07) is 12.4. The highest BCUT2D eigenvalue weighted by molar-refractivity contribution is 6.30. The molecular weight excluding hydrogens is 332 g/mol. The molecule has 0 spiro atoms. The van der Waals surface area contributed by atoms with Crippen LogP contribution in [0.15, 0.2) is 40.8 Å². The maximum atomic E-state index is 5.97. The lowest BCUT2D eigenvalue weighted by atomic mass is 9.97. The zero-order valence-electron chi connectivity index (χ0n) is 15.4. The average Bonchev–Trinajstić information content (AvgIpc) is 2.99. The van der Waals surface area contributed by atoms with E-state index in [-0.39, 0.29) is 0 Å². The Morgan fingerprint density at radius 3 is 2.72 bits per heavy atom. The summed E-state index contributed by atoms with van der Waals surface area (Å²) in [4.78, 5) is 5.01. The van der Waals surface area contributed by atoms with Crippen LogP contribution in [0.3, 0.4) is 0 Å². The topological polar surface area (TPSA) is 19.6 Å². The van der Waals surface area contributed by atoms with Gasteiger partial charge in [0, 0.05) is 24.7 Å². The average molecular weight is 361 g/mol. The van der Waals surface area contributed by atoms with Gasteiger partial charge < -0.3 is 9.32 Å². The summed E-state index contributed by atoms with van der Waals surface area (Å²) in [6.07, 6.45) is 3.74. The highest BCUT2D eigenvalue weighted by Crippen LogP contribution is 2.19. The second kappa shape index (κ2) is 8.88.